The zero-order valence-corrected chi connectivity index (χ0v) is 29.2. The average Bonchev–Trinajstić information content (AvgIpc) is 3.78. The zero-order chi connectivity index (χ0) is 32.9. The average molecular weight is 625 g/mol. The summed E-state index contributed by atoms with van der Waals surface area (Å²) in [5.74, 6) is 0. The van der Waals surface area contributed by atoms with Gasteiger partial charge in [0.05, 0.1) is 22.5 Å². The fourth-order valence-electron chi connectivity index (χ4n) is 8.09. The van der Waals surface area contributed by atoms with Crippen LogP contribution in [0.1, 0.15) is 104 Å². The Hall–Kier alpha value is -4.15. The van der Waals surface area contributed by atoms with Crippen molar-refractivity contribution in [3.8, 4) is 0 Å². The van der Waals surface area contributed by atoms with Crippen LogP contribution in [0.5, 0.6) is 0 Å². The molecule has 0 radical (unpaired) electrons. The van der Waals surface area contributed by atoms with Gasteiger partial charge in [0, 0.05) is 22.2 Å². The summed E-state index contributed by atoms with van der Waals surface area (Å²) < 4.78 is 0. The zero-order valence-electron chi connectivity index (χ0n) is 29.2. The van der Waals surface area contributed by atoms with Crippen molar-refractivity contribution < 1.29 is 0 Å². The number of rotatable bonds is 7. The molecule has 0 saturated carbocycles. The number of nitrogens with one attached hydrogen (secondary N) is 3. The lowest BCUT2D eigenvalue weighted by Gasteiger charge is -2.19. The van der Waals surface area contributed by atoms with Gasteiger partial charge in [-0.1, -0.05) is 88.0 Å². The molecule has 0 fully saturated rings. The first-order valence-corrected chi connectivity index (χ1v) is 18.0. The molecule has 47 heavy (non-hydrogen) atoms. The molecule has 0 unspecified atom stereocenters. The molecule has 0 spiro atoms. The number of aliphatic imine (C=N–C) groups is 1. The highest BCUT2D eigenvalue weighted by Gasteiger charge is 2.33. The summed E-state index contributed by atoms with van der Waals surface area (Å²) in [5, 5.41) is 5.07. The highest BCUT2D eigenvalue weighted by atomic mass is 14.8. The van der Waals surface area contributed by atoms with E-state index in [4.69, 9.17) is 4.99 Å². The van der Waals surface area contributed by atoms with Crippen molar-refractivity contribution in [3.63, 3.8) is 0 Å². The van der Waals surface area contributed by atoms with Gasteiger partial charge in [0.2, 0.25) is 0 Å². The standard InChI is InChI=1S/C41H45N3.C2H7N/c1-5-29-30(6-2)38(43-35(29)7-3)36(27-18-10-8-11-19-27)40-33-24-16-17-25-34(33)41(44-40)37(28-20-12-9-13-21-28)39-32-23-15-14-22-31(32)26(4)42-39;1-3-2/h8-13,18-21,42-43H,4-7,14-17,22-25H2,1-3H3;3H,1-2H3/b39-37-,40-36-;. The first kappa shape index (κ1) is 32.8. The van der Waals surface area contributed by atoms with Gasteiger partial charge in [-0.15, -0.1) is 0 Å². The largest absolute Gasteiger partial charge is 0.358 e. The number of benzene rings is 2. The number of hydrogen-bond donors (Lipinski definition) is 3. The molecule has 3 N–H and O–H groups in total. The van der Waals surface area contributed by atoms with Crippen LogP contribution in [-0.4, -0.2) is 29.8 Å². The van der Waals surface area contributed by atoms with Gasteiger partial charge in [0.15, 0.2) is 0 Å². The number of aryl methyl sites for hydroxylation is 1. The van der Waals surface area contributed by atoms with Crippen molar-refractivity contribution in [3.05, 3.63) is 133 Å². The van der Waals surface area contributed by atoms with E-state index >= 15 is 0 Å². The van der Waals surface area contributed by atoms with Crippen LogP contribution in [0.15, 0.2) is 82.5 Å². The minimum atomic E-state index is 1.00. The lowest BCUT2D eigenvalue weighted by molar-refractivity contribution is 0.685. The van der Waals surface area contributed by atoms with Gasteiger partial charge in [0.1, 0.15) is 0 Å². The van der Waals surface area contributed by atoms with Crippen LogP contribution >= 0.6 is 0 Å². The molecular formula is C43H52N4. The summed E-state index contributed by atoms with van der Waals surface area (Å²) in [6.07, 6.45) is 12.3. The fourth-order valence-corrected chi connectivity index (χ4v) is 8.09. The maximum absolute atomic E-state index is 5.79. The van der Waals surface area contributed by atoms with E-state index in [1.807, 2.05) is 14.1 Å². The van der Waals surface area contributed by atoms with Crippen LogP contribution in [0.3, 0.4) is 0 Å². The van der Waals surface area contributed by atoms with E-state index < -0.39 is 0 Å². The number of nitrogens with zero attached hydrogens (tertiary/aromatic N) is 1. The second kappa shape index (κ2) is 14.7. The maximum Gasteiger partial charge on any atom is 0.0772 e. The van der Waals surface area contributed by atoms with Crippen LogP contribution in [0.25, 0.3) is 17.7 Å². The van der Waals surface area contributed by atoms with Gasteiger partial charge in [-0.25, -0.2) is 4.99 Å². The third-order valence-electron chi connectivity index (χ3n) is 10.1. The molecule has 4 heteroatoms. The van der Waals surface area contributed by atoms with Crippen molar-refractivity contribution >= 4 is 23.4 Å². The topological polar surface area (TPSA) is 56.0 Å². The molecule has 1 aliphatic heterocycles. The van der Waals surface area contributed by atoms with E-state index in [1.165, 1.54) is 110 Å². The molecule has 4 nitrogen and oxygen atoms in total. The molecule has 3 heterocycles. The van der Waals surface area contributed by atoms with Crippen molar-refractivity contribution in [2.75, 3.05) is 14.1 Å². The van der Waals surface area contributed by atoms with Crippen LogP contribution in [0.4, 0.5) is 0 Å². The smallest absolute Gasteiger partial charge is 0.0772 e. The summed E-state index contributed by atoms with van der Waals surface area (Å²) >= 11 is 0. The van der Waals surface area contributed by atoms with E-state index in [9.17, 15) is 0 Å². The Morgan fingerprint density at radius 2 is 1.23 bits per heavy atom. The predicted molar refractivity (Wildman–Crippen MR) is 200 cm³/mol. The minimum Gasteiger partial charge on any atom is -0.358 e. The third kappa shape index (κ3) is 6.16. The summed E-state index contributed by atoms with van der Waals surface area (Å²) in [6.45, 7) is 11.3. The Balaban J connectivity index is 0.00000124. The van der Waals surface area contributed by atoms with E-state index in [-0.39, 0.29) is 0 Å². The van der Waals surface area contributed by atoms with E-state index in [0.29, 0.717) is 0 Å². The van der Waals surface area contributed by atoms with Gasteiger partial charge in [0.25, 0.3) is 0 Å². The first-order chi connectivity index (χ1) is 23.1. The Labute approximate surface area is 281 Å². The fraction of sp³-hybridized carbons (Fsp3) is 0.372. The van der Waals surface area contributed by atoms with Gasteiger partial charge in [-0.3, -0.25) is 0 Å². The number of aromatic nitrogens is 2. The summed E-state index contributed by atoms with van der Waals surface area (Å²) in [5.41, 5.74) is 18.7. The number of allylic oxidation sites excluding steroid dienone is 2. The summed E-state index contributed by atoms with van der Waals surface area (Å²) in [4.78, 5) is 13.5. The lowest BCUT2D eigenvalue weighted by Crippen LogP contribution is -2.22. The first-order valence-electron chi connectivity index (χ1n) is 18.0. The highest BCUT2D eigenvalue weighted by molar-refractivity contribution is 6.33. The van der Waals surface area contributed by atoms with Crippen LogP contribution in [0, 0.1) is 0 Å². The molecule has 2 aromatic heterocycles. The second-order valence-corrected chi connectivity index (χ2v) is 13.1. The van der Waals surface area contributed by atoms with Crippen molar-refractivity contribution in [2.45, 2.75) is 91.4 Å². The monoisotopic (exact) mass is 624 g/mol. The maximum atomic E-state index is 5.79. The van der Waals surface area contributed by atoms with E-state index in [0.717, 1.165) is 50.3 Å². The normalized spacial score (nSPS) is 17.4. The number of hydrogen-bond acceptors (Lipinski definition) is 2. The SMILES string of the molecule is C=c1[nH]/c(=C(C2=N/C(=C(/c3ccccc3)c3[nH]c(CC)c(CC)c3CC)C3=C2CCCC3)/c2ccccc2)c2c1CCCC2.CNC. The molecule has 2 aromatic carbocycles. The minimum absolute atomic E-state index is 1.00. The van der Waals surface area contributed by atoms with Crippen LogP contribution in [0.2, 0.25) is 0 Å². The number of H-pyrrole nitrogens is 2. The van der Waals surface area contributed by atoms with Crippen molar-refractivity contribution in [1.82, 2.24) is 15.3 Å². The Bertz CT molecular complexity index is 1930. The molecule has 2 aliphatic carbocycles. The number of aromatic amines is 2. The summed E-state index contributed by atoms with van der Waals surface area (Å²) in [7, 11) is 3.75. The lowest BCUT2D eigenvalue weighted by atomic mass is 9.83. The molecule has 0 amide bonds. The Morgan fingerprint density at radius 1 is 0.681 bits per heavy atom. The Morgan fingerprint density at radius 3 is 1.83 bits per heavy atom. The van der Waals surface area contributed by atoms with Crippen molar-refractivity contribution in [1.29, 1.82) is 0 Å². The molecule has 4 aromatic rings. The Kier molecular flexibility index (Phi) is 10.3. The van der Waals surface area contributed by atoms with Gasteiger partial charge in [-0.05, 0) is 129 Å². The van der Waals surface area contributed by atoms with E-state index in [2.05, 4.69) is 103 Å². The van der Waals surface area contributed by atoms with E-state index in [1.54, 1.807) is 0 Å². The highest BCUT2D eigenvalue weighted by Crippen LogP contribution is 2.45. The quantitative estimate of drug-likeness (QED) is 0.191. The van der Waals surface area contributed by atoms with Crippen molar-refractivity contribution in [2.24, 2.45) is 4.99 Å². The predicted octanol–water partition coefficient (Wildman–Crippen LogP) is 8.14. The second-order valence-electron chi connectivity index (χ2n) is 13.1. The summed E-state index contributed by atoms with van der Waals surface area (Å²) in [6, 6.07) is 22.0. The molecule has 7 rings (SSSR count). The van der Waals surface area contributed by atoms with Gasteiger partial charge < -0.3 is 15.3 Å². The third-order valence-corrected chi connectivity index (χ3v) is 10.1. The van der Waals surface area contributed by atoms with Crippen LogP contribution < -0.4 is 16.0 Å². The molecular weight excluding hydrogens is 573 g/mol. The molecule has 0 saturated heterocycles. The molecule has 0 bridgehead atoms. The number of fused-ring (bicyclic) bond motifs is 1. The van der Waals surface area contributed by atoms with Gasteiger partial charge in [-0.2, -0.15) is 0 Å². The van der Waals surface area contributed by atoms with Crippen LogP contribution in [-0.2, 0) is 32.1 Å². The molecule has 3 aliphatic rings. The molecule has 0 atom stereocenters. The van der Waals surface area contributed by atoms with Gasteiger partial charge >= 0.3 is 0 Å². The molecule has 244 valence electrons.